The summed E-state index contributed by atoms with van der Waals surface area (Å²) >= 11 is 0. The highest BCUT2D eigenvalue weighted by molar-refractivity contribution is 5.33. The fourth-order valence-corrected chi connectivity index (χ4v) is 2.14. The third-order valence-electron chi connectivity index (χ3n) is 3.12. The van der Waals surface area contributed by atoms with E-state index in [4.69, 9.17) is 9.73 Å². The first-order valence-corrected chi connectivity index (χ1v) is 6.69. The number of fused-ring (bicyclic) bond motifs is 1. The normalized spacial score (nSPS) is 18.3. The van der Waals surface area contributed by atoms with Crippen LogP contribution in [0, 0.1) is 12.8 Å². The summed E-state index contributed by atoms with van der Waals surface area (Å²) in [7, 11) is 0. The van der Waals surface area contributed by atoms with Crippen LogP contribution in [0.2, 0.25) is 0 Å². The molecular formula is C15H22N2O. The fraction of sp³-hybridized carbons (Fsp3) is 0.600. The highest BCUT2D eigenvalue weighted by atomic mass is 16.5. The predicted octanol–water partition coefficient (Wildman–Crippen LogP) is 2.01. The molecule has 0 amide bonds. The first-order valence-electron chi connectivity index (χ1n) is 6.69. The van der Waals surface area contributed by atoms with E-state index in [1.807, 2.05) is 26.8 Å². The Kier molecular flexibility index (Phi) is 3.69. The number of hydrogen-bond donors (Lipinski definition) is 0. The van der Waals surface area contributed by atoms with Gasteiger partial charge in [0.15, 0.2) is 0 Å². The van der Waals surface area contributed by atoms with E-state index < -0.39 is 0 Å². The van der Waals surface area contributed by atoms with E-state index in [0.717, 1.165) is 28.6 Å². The largest absolute Gasteiger partial charge is 0.474 e. The van der Waals surface area contributed by atoms with Gasteiger partial charge in [0.2, 0.25) is 5.88 Å². The van der Waals surface area contributed by atoms with Crippen molar-refractivity contribution >= 4 is 6.08 Å². The Balaban J connectivity index is 2.53. The molecule has 0 spiro atoms. The Hall–Kier alpha value is -1.38. The number of ether oxygens (including phenoxy) is 1. The molecule has 0 N–H and O–H groups in total. The molecule has 1 atom stereocenters. The molecule has 1 unspecified atom stereocenters. The summed E-state index contributed by atoms with van der Waals surface area (Å²) < 4.78 is 5.79. The van der Waals surface area contributed by atoms with Crippen LogP contribution in [-0.4, -0.2) is 17.1 Å². The van der Waals surface area contributed by atoms with Gasteiger partial charge in [-0.05, 0) is 39.2 Å². The molecule has 98 valence electrons. The monoisotopic (exact) mass is 246 g/mol. The second kappa shape index (κ2) is 5.09. The van der Waals surface area contributed by atoms with Gasteiger partial charge >= 0.3 is 0 Å². The first-order chi connectivity index (χ1) is 8.47. The highest BCUT2D eigenvalue weighted by Gasteiger charge is 2.15. The molecule has 0 aliphatic carbocycles. The van der Waals surface area contributed by atoms with Crippen LogP contribution in [0.1, 0.15) is 39.8 Å². The van der Waals surface area contributed by atoms with Crippen molar-refractivity contribution in [3.8, 4) is 5.88 Å². The van der Waals surface area contributed by atoms with Gasteiger partial charge in [0, 0.05) is 5.69 Å². The van der Waals surface area contributed by atoms with Crippen LogP contribution in [0.3, 0.4) is 0 Å². The predicted molar refractivity (Wildman–Crippen MR) is 73.2 cm³/mol. The molecule has 0 fully saturated rings. The van der Waals surface area contributed by atoms with Crippen LogP contribution >= 0.6 is 0 Å². The molecule has 3 nitrogen and oxygen atoms in total. The zero-order valence-corrected chi connectivity index (χ0v) is 11.9. The number of aryl methyl sites for hydroxylation is 1. The number of aromatic nitrogens is 1. The summed E-state index contributed by atoms with van der Waals surface area (Å²) in [5.74, 6) is 1.29. The molecule has 0 radical (unpaired) electrons. The van der Waals surface area contributed by atoms with Crippen molar-refractivity contribution in [3.63, 3.8) is 0 Å². The van der Waals surface area contributed by atoms with Crippen LogP contribution in [0.15, 0.2) is 11.1 Å². The maximum Gasteiger partial charge on any atom is 0.223 e. The third-order valence-corrected chi connectivity index (χ3v) is 3.12. The standard InChI is InChI=1S/C15H22N2O/c1-9(2)13-7-6-12-14(17-13)8-11(5)16-15(12)18-10(3)4/h6,8-10,13H,7H2,1-5H3. The second-order valence-electron chi connectivity index (χ2n) is 5.55. The number of hydrogen-bond acceptors (Lipinski definition) is 3. The van der Waals surface area contributed by atoms with Crippen LogP contribution in [0.5, 0.6) is 5.88 Å². The average Bonchev–Trinajstić information content (AvgIpc) is 2.26. The van der Waals surface area contributed by atoms with Gasteiger partial charge in [-0.2, -0.15) is 0 Å². The molecule has 0 saturated carbocycles. The number of nitrogens with zero attached hydrogens (tertiary/aromatic N) is 2. The minimum Gasteiger partial charge on any atom is -0.474 e. The van der Waals surface area contributed by atoms with Gasteiger partial charge in [0.05, 0.1) is 22.7 Å². The molecule has 2 rings (SSSR count). The van der Waals surface area contributed by atoms with Crippen LogP contribution in [-0.2, 0) is 0 Å². The van der Waals surface area contributed by atoms with Crippen LogP contribution < -0.4 is 15.3 Å². The van der Waals surface area contributed by atoms with E-state index in [-0.39, 0.29) is 6.10 Å². The van der Waals surface area contributed by atoms with Gasteiger partial charge in [0.1, 0.15) is 0 Å². The van der Waals surface area contributed by atoms with E-state index in [2.05, 4.69) is 24.9 Å². The summed E-state index contributed by atoms with van der Waals surface area (Å²) in [4.78, 5) is 9.31. The SMILES string of the molecule is Cc1cc2c(c(OC(C)C)n1)=CCC(C(C)C)N=2. The van der Waals surface area contributed by atoms with Gasteiger partial charge in [-0.1, -0.05) is 19.9 Å². The molecule has 0 bridgehead atoms. The first kappa shape index (κ1) is 13.1. The van der Waals surface area contributed by atoms with E-state index >= 15 is 0 Å². The topological polar surface area (TPSA) is 34.5 Å². The van der Waals surface area contributed by atoms with Crippen molar-refractivity contribution in [2.24, 2.45) is 10.9 Å². The minimum atomic E-state index is 0.139. The molecular weight excluding hydrogens is 224 g/mol. The molecule has 2 heterocycles. The van der Waals surface area contributed by atoms with Gasteiger partial charge in [-0.3, -0.25) is 4.99 Å². The lowest BCUT2D eigenvalue weighted by atomic mass is 9.99. The Morgan fingerprint density at radius 1 is 1.28 bits per heavy atom. The van der Waals surface area contributed by atoms with Crippen molar-refractivity contribution in [1.82, 2.24) is 4.98 Å². The molecule has 0 aromatic carbocycles. The summed E-state index contributed by atoms with van der Waals surface area (Å²) in [5, 5.41) is 2.09. The maximum absolute atomic E-state index is 5.79. The summed E-state index contributed by atoms with van der Waals surface area (Å²) in [6, 6.07) is 2.43. The van der Waals surface area contributed by atoms with Crippen molar-refractivity contribution in [2.45, 2.75) is 53.2 Å². The van der Waals surface area contributed by atoms with Gasteiger partial charge in [-0.25, -0.2) is 4.98 Å². The van der Waals surface area contributed by atoms with Gasteiger partial charge < -0.3 is 4.74 Å². The molecule has 1 aromatic rings. The summed E-state index contributed by atoms with van der Waals surface area (Å²) in [6.07, 6.45) is 3.33. The van der Waals surface area contributed by atoms with Crippen molar-refractivity contribution < 1.29 is 4.74 Å². The summed E-state index contributed by atoms with van der Waals surface area (Å²) in [5.41, 5.74) is 0.964. The Bertz CT molecular complexity index is 546. The molecule has 18 heavy (non-hydrogen) atoms. The Morgan fingerprint density at radius 2 is 2.00 bits per heavy atom. The van der Waals surface area contributed by atoms with Crippen LogP contribution in [0.4, 0.5) is 0 Å². The van der Waals surface area contributed by atoms with Gasteiger partial charge in [0.25, 0.3) is 0 Å². The lowest BCUT2D eigenvalue weighted by Gasteiger charge is -2.18. The van der Waals surface area contributed by atoms with Gasteiger partial charge in [-0.15, -0.1) is 0 Å². The van der Waals surface area contributed by atoms with E-state index in [0.29, 0.717) is 12.0 Å². The zero-order chi connectivity index (χ0) is 13.3. The lowest BCUT2D eigenvalue weighted by molar-refractivity contribution is 0.229. The third kappa shape index (κ3) is 2.71. The number of rotatable bonds is 3. The lowest BCUT2D eigenvalue weighted by Crippen LogP contribution is -2.36. The van der Waals surface area contributed by atoms with E-state index in [9.17, 15) is 0 Å². The van der Waals surface area contributed by atoms with Crippen molar-refractivity contribution in [3.05, 3.63) is 22.3 Å². The van der Waals surface area contributed by atoms with Crippen molar-refractivity contribution in [1.29, 1.82) is 0 Å². The summed E-state index contributed by atoms with van der Waals surface area (Å²) in [6.45, 7) is 10.5. The van der Waals surface area contributed by atoms with E-state index in [1.54, 1.807) is 0 Å². The Morgan fingerprint density at radius 3 is 2.61 bits per heavy atom. The fourth-order valence-electron chi connectivity index (χ4n) is 2.14. The quantitative estimate of drug-likeness (QED) is 0.817. The molecule has 1 aliphatic rings. The molecule has 1 aliphatic heterocycles. The zero-order valence-electron chi connectivity index (χ0n) is 11.9. The smallest absolute Gasteiger partial charge is 0.223 e. The second-order valence-corrected chi connectivity index (χ2v) is 5.55. The van der Waals surface area contributed by atoms with Crippen molar-refractivity contribution in [2.75, 3.05) is 0 Å². The molecule has 3 heteroatoms. The van der Waals surface area contributed by atoms with Crippen LogP contribution in [0.25, 0.3) is 6.08 Å². The Labute approximate surface area is 109 Å². The number of pyridine rings is 1. The highest BCUT2D eigenvalue weighted by Crippen LogP contribution is 2.13. The average molecular weight is 246 g/mol. The molecule has 1 aromatic heterocycles. The minimum absolute atomic E-state index is 0.139. The molecule has 0 saturated heterocycles. The maximum atomic E-state index is 5.79. The van der Waals surface area contributed by atoms with E-state index in [1.165, 1.54) is 0 Å².